The number of nitrogens with zero attached hydrogens (tertiary/aromatic N) is 2. The first-order valence-corrected chi connectivity index (χ1v) is 13.3. The molecule has 1 N–H and O–H groups in total. The van der Waals surface area contributed by atoms with E-state index in [1.807, 2.05) is 0 Å². The molecule has 0 unspecified atom stereocenters. The van der Waals surface area contributed by atoms with Gasteiger partial charge < -0.3 is 14.6 Å². The van der Waals surface area contributed by atoms with Crippen LogP contribution in [0, 0.1) is 5.92 Å². The van der Waals surface area contributed by atoms with E-state index in [1.165, 1.54) is 16.6 Å². The van der Waals surface area contributed by atoms with E-state index in [9.17, 15) is 22.8 Å². The summed E-state index contributed by atoms with van der Waals surface area (Å²) in [5, 5.41) is 3.18. The van der Waals surface area contributed by atoms with Crippen molar-refractivity contribution in [2.75, 3.05) is 25.0 Å². The SMILES string of the molecule is CCOC(=O)c1ccccc1NC(=O)Cn1cc(S(=O)(=O)N2CCC(C)CC2)c2ccccc2c1=O. The van der Waals surface area contributed by atoms with Crippen molar-refractivity contribution < 1.29 is 22.7 Å². The molecule has 0 radical (unpaired) electrons. The van der Waals surface area contributed by atoms with Gasteiger partial charge in [-0.3, -0.25) is 9.59 Å². The maximum atomic E-state index is 13.6. The molecule has 4 rings (SSSR count). The van der Waals surface area contributed by atoms with E-state index in [0.717, 1.165) is 17.4 Å². The molecule has 2 aromatic carbocycles. The smallest absolute Gasteiger partial charge is 0.340 e. The lowest BCUT2D eigenvalue weighted by atomic mass is 10.0. The Balaban J connectivity index is 1.69. The third-order valence-corrected chi connectivity index (χ3v) is 8.25. The van der Waals surface area contributed by atoms with Gasteiger partial charge in [0.2, 0.25) is 15.9 Å². The third-order valence-electron chi connectivity index (χ3n) is 6.33. The number of benzene rings is 2. The number of piperidine rings is 1. The fourth-order valence-electron chi connectivity index (χ4n) is 4.32. The van der Waals surface area contributed by atoms with Crippen LogP contribution in [0.5, 0.6) is 0 Å². The third kappa shape index (κ3) is 5.19. The van der Waals surface area contributed by atoms with Gasteiger partial charge in [-0.15, -0.1) is 0 Å². The summed E-state index contributed by atoms with van der Waals surface area (Å²) in [5.74, 6) is -0.719. The van der Waals surface area contributed by atoms with Crippen LogP contribution in [0.4, 0.5) is 5.69 Å². The van der Waals surface area contributed by atoms with Crippen molar-refractivity contribution in [3.05, 3.63) is 70.6 Å². The molecule has 1 fully saturated rings. The number of ether oxygens (including phenoxy) is 1. The van der Waals surface area contributed by atoms with Gasteiger partial charge in [0.05, 0.1) is 17.9 Å². The minimum absolute atomic E-state index is 0.00743. The van der Waals surface area contributed by atoms with Crippen molar-refractivity contribution in [2.45, 2.75) is 38.1 Å². The number of nitrogens with one attached hydrogen (secondary N) is 1. The summed E-state index contributed by atoms with van der Waals surface area (Å²) in [5.41, 5.74) is -0.0585. The average molecular weight is 512 g/mol. The first-order valence-electron chi connectivity index (χ1n) is 11.9. The van der Waals surface area contributed by atoms with Gasteiger partial charge >= 0.3 is 5.97 Å². The lowest BCUT2D eigenvalue weighted by molar-refractivity contribution is -0.116. The number of rotatable bonds is 7. The molecular formula is C26H29N3O6S. The Morgan fingerprint density at radius 2 is 1.67 bits per heavy atom. The van der Waals surface area contributed by atoms with Crippen molar-refractivity contribution in [1.29, 1.82) is 0 Å². The lowest BCUT2D eigenvalue weighted by Crippen LogP contribution is -2.38. The predicted octanol–water partition coefficient (Wildman–Crippen LogP) is 3.24. The molecule has 1 saturated heterocycles. The summed E-state index contributed by atoms with van der Waals surface area (Å²) >= 11 is 0. The molecule has 0 spiro atoms. The predicted molar refractivity (Wildman–Crippen MR) is 136 cm³/mol. The van der Waals surface area contributed by atoms with Gasteiger partial charge in [-0.2, -0.15) is 4.31 Å². The van der Waals surface area contributed by atoms with Crippen LogP contribution in [-0.4, -0.2) is 48.9 Å². The number of pyridine rings is 1. The Morgan fingerprint density at radius 1 is 1.03 bits per heavy atom. The molecule has 0 bridgehead atoms. The van der Waals surface area contributed by atoms with Crippen molar-refractivity contribution in [2.24, 2.45) is 5.92 Å². The van der Waals surface area contributed by atoms with Crippen LogP contribution in [0.2, 0.25) is 0 Å². The topological polar surface area (TPSA) is 115 Å². The van der Waals surface area contributed by atoms with Gasteiger partial charge in [0.15, 0.2) is 0 Å². The molecule has 1 aliphatic heterocycles. The highest BCUT2D eigenvalue weighted by Gasteiger charge is 2.30. The first-order chi connectivity index (χ1) is 17.2. The van der Waals surface area contributed by atoms with E-state index in [0.29, 0.717) is 24.4 Å². The highest BCUT2D eigenvalue weighted by molar-refractivity contribution is 7.89. The maximum absolute atomic E-state index is 13.6. The van der Waals surface area contributed by atoms with Crippen LogP contribution in [0.25, 0.3) is 10.8 Å². The van der Waals surface area contributed by atoms with Crippen molar-refractivity contribution in [3.63, 3.8) is 0 Å². The molecule has 0 saturated carbocycles. The molecule has 2 heterocycles. The molecule has 1 aromatic heterocycles. The van der Waals surface area contributed by atoms with Crippen molar-refractivity contribution >= 4 is 38.4 Å². The fraction of sp³-hybridized carbons (Fsp3) is 0.346. The highest BCUT2D eigenvalue weighted by Crippen LogP contribution is 2.27. The van der Waals surface area contributed by atoms with E-state index >= 15 is 0 Å². The number of carbonyl (C=O) groups is 2. The number of sulfonamides is 1. The number of aromatic nitrogens is 1. The molecule has 36 heavy (non-hydrogen) atoms. The molecule has 3 aromatic rings. The highest BCUT2D eigenvalue weighted by atomic mass is 32.2. The fourth-order valence-corrected chi connectivity index (χ4v) is 6.01. The van der Waals surface area contributed by atoms with Gasteiger partial charge in [0, 0.05) is 30.1 Å². The van der Waals surface area contributed by atoms with Crippen LogP contribution in [0.15, 0.2) is 64.4 Å². The van der Waals surface area contributed by atoms with Crippen LogP contribution in [0.1, 0.15) is 37.0 Å². The van der Waals surface area contributed by atoms with Gasteiger partial charge in [0.25, 0.3) is 5.56 Å². The van der Waals surface area contributed by atoms with Gasteiger partial charge in [-0.05, 0) is 43.9 Å². The summed E-state index contributed by atoms with van der Waals surface area (Å²) in [4.78, 5) is 38.3. The summed E-state index contributed by atoms with van der Waals surface area (Å²) in [6.45, 7) is 4.34. The number of fused-ring (bicyclic) bond motifs is 1. The molecule has 10 heteroatoms. The standard InChI is InChI=1S/C26H29N3O6S/c1-3-35-26(32)21-10-6-7-11-22(21)27-24(30)17-28-16-23(19-8-4-5-9-20(19)25(28)31)36(33,34)29-14-12-18(2)13-15-29/h4-11,16,18H,3,12-15,17H2,1-2H3,(H,27,30). The van der Waals surface area contributed by atoms with Gasteiger partial charge in [0.1, 0.15) is 11.4 Å². The molecule has 0 aliphatic carbocycles. The molecule has 190 valence electrons. The van der Waals surface area contributed by atoms with Crippen LogP contribution in [0.3, 0.4) is 0 Å². The van der Waals surface area contributed by atoms with Gasteiger partial charge in [-0.1, -0.05) is 37.3 Å². The zero-order chi connectivity index (χ0) is 25.9. The van der Waals surface area contributed by atoms with E-state index in [4.69, 9.17) is 4.74 Å². The minimum Gasteiger partial charge on any atom is -0.462 e. The van der Waals surface area contributed by atoms with E-state index in [-0.39, 0.29) is 28.1 Å². The van der Waals surface area contributed by atoms with Crippen LogP contribution >= 0.6 is 0 Å². The zero-order valence-corrected chi connectivity index (χ0v) is 21.1. The Kier molecular flexibility index (Phi) is 7.56. The number of anilines is 1. The summed E-state index contributed by atoms with van der Waals surface area (Å²) < 4.78 is 34.8. The number of hydrogen-bond acceptors (Lipinski definition) is 6. The Hall–Kier alpha value is -3.50. The molecular weight excluding hydrogens is 482 g/mol. The monoisotopic (exact) mass is 511 g/mol. The quantitative estimate of drug-likeness (QED) is 0.487. The number of carbonyl (C=O) groups excluding carboxylic acids is 2. The Bertz CT molecular complexity index is 1460. The molecule has 1 amide bonds. The van der Waals surface area contributed by atoms with Crippen LogP contribution < -0.4 is 10.9 Å². The minimum atomic E-state index is -3.89. The van der Waals surface area contributed by atoms with Crippen molar-refractivity contribution in [1.82, 2.24) is 8.87 Å². The number of esters is 1. The molecule has 1 aliphatic rings. The average Bonchev–Trinajstić information content (AvgIpc) is 2.86. The number of para-hydroxylation sites is 1. The van der Waals surface area contributed by atoms with E-state index in [1.54, 1.807) is 49.4 Å². The Labute approximate surface area is 209 Å². The summed E-state index contributed by atoms with van der Waals surface area (Å²) in [6.07, 6.45) is 2.77. The number of hydrogen-bond donors (Lipinski definition) is 1. The second-order valence-corrected chi connectivity index (χ2v) is 10.8. The lowest BCUT2D eigenvalue weighted by Gasteiger charge is -2.30. The normalized spacial score (nSPS) is 15.1. The second-order valence-electron chi connectivity index (χ2n) is 8.87. The number of amides is 1. The largest absolute Gasteiger partial charge is 0.462 e. The summed E-state index contributed by atoms with van der Waals surface area (Å²) in [7, 11) is -3.89. The maximum Gasteiger partial charge on any atom is 0.340 e. The Morgan fingerprint density at radius 3 is 2.36 bits per heavy atom. The first kappa shape index (κ1) is 25.6. The van der Waals surface area contributed by atoms with Gasteiger partial charge in [-0.25, -0.2) is 13.2 Å². The molecule has 0 atom stereocenters. The second kappa shape index (κ2) is 10.6. The van der Waals surface area contributed by atoms with Crippen LogP contribution in [-0.2, 0) is 26.1 Å². The molecule has 9 nitrogen and oxygen atoms in total. The summed E-state index contributed by atoms with van der Waals surface area (Å²) in [6, 6.07) is 12.9. The van der Waals surface area contributed by atoms with Crippen molar-refractivity contribution in [3.8, 4) is 0 Å². The van der Waals surface area contributed by atoms with E-state index in [2.05, 4.69) is 12.2 Å². The van der Waals surface area contributed by atoms with E-state index < -0.39 is 34.0 Å². The zero-order valence-electron chi connectivity index (χ0n) is 20.3.